The second kappa shape index (κ2) is 9.33. The summed E-state index contributed by atoms with van der Waals surface area (Å²) in [5.41, 5.74) is 1.22. The predicted octanol–water partition coefficient (Wildman–Crippen LogP) is 1.29. The molecule has 130 valence electrons. The lowest BCUT2D eigenvalue weighted by Crippen LogP contribution is -2.45. The lowest BCUT2D eigenvalue weighted by molar-refractivity contribution is -0.133. The lowest BCUT2D eigenvalue weighted by Gasteiger charge is -2.25. The SMILES string of the molecule is Cl.Cl.O=C(C1CC(O)CN1)N1CCCN(c2ccccc2)CC1. The molecule has 2 fully saturated rings. The summed E-state index contributed by atoms with van der Waals surface area (Å²) in [6, 6.07) is 10.1. The highest BCUT2D eigenvalue weighted by Crippen LogP contribution is 2.17. The van der Waals surface area contributed by atoms with E-state index in [4.69, 9.17) is 0 Å². The Hall–Kier alpha value is -1.01. The molecule has 7 heteroatoms. The van der Waals surface area contributed by atoms with Crippen LogP contribution in [0.4, 0.5) is 5.69 Å². The normalized spacial score (nSPS) is 24.4. The van der Waals surface area contributed by atoms with Crippen LogP contribution in [0.5, 0.6) is 0 Å². The number of hydrogen-bond acceptors (Lipinski definition) is 4. The van der Waals surface area contributed by atoms with Crippen molar-refractivity contribution in [3.63, 3.8) is 0 Å². The van der Waals surface area contributed by atoms with E-state index in [0.29, 0.717) is 13.0 Å². The first-order chi connectivity index (χ1) is 10.2. The molecule has 2 unspecified atom stereocenters. The molecule has 0 bridgehead atoms. The zero-order valence-corrected chi connectivity index (χ0v) is 14.7. The van der Waals surface area contributed by atoms with Crippen LogP contribution in [0.25, 0.3) is 0 Å². The van der Waals surface area contributed by atoms with Gasteiger partial charge in [-0.15, -0.1) is 24.8 Å². The Balaban J connectivity index is 0.00000132. The number of halogens is 2. The van der Waals surface area contributed by atoms with Crippen molar-refractivity contribution >= 4 is 36.4 Å². The maximum atomic E-state index is 12.5. The number of nitrogens with one attached hydrogen (secondary N) is 1. The zero-order chi connectivity index (χ0) is 14.7. The number of carbonyl (C=O) groups excluding carboxylic acids is 1. The first-order valence-corrected chi connectivity index (χ1v) is 7.74. The van der Waals surface area contributed by atoms with Crippen molar-refractivity contribution in [1.29, 1.82) is 0 Å². The Bertz CT molecular complexity index is 489. The van der Waals surface area contributed by atoms with Gasteiger partial charge in [-0.25, -0.2) is 0 Å². The zero-order valence-electron chi connectivity index (χ0n) is 13.1. The highest BCUT2D eigenvalue weighted by atomic mass is 35.5. The molecule has 2 aliphatic heterocycles. The van der Waals surface area contributed by atoms with Gasteiger partial charge in [0.2, 0.25) is 5.91 Å². The average Bonchev–Trinajstić information content (AvgIpc) is 2.81. The summed E-state index contributed by atoms with van der Waals surface area (Å²) in [7, 11) is 0. The fourth-order valence-corrected chi connectivity index (χ4v) is 3.16. The molecule has 1 aromatic carbocycles. The average molecular weight is 362 g/mol. The number of anilines is 1. The summed E-state index contributed by atoms with van der Waals surface area (Å²) in [6.45, 7) is 3.93. The minimum absolute atomic E-state index is 0. The Morgan fingerprint density at radius 2 is 1.83 bits per heavy atom. The van der Waals surface area contributed by atoms with Crippen LogP contribution in [0.3, 0.4) is 0 Å². The predicted molar refractivity (Wildman–Crippen MR) is 96.8 cm³/mol. The van der Waals surface area contributed by atoms with E-state index in [2.05, 4.69) is 22.3 Å². The van der Waals surface area contributed by atoms with Crippen molar-refractivity contribution in [3.05, 3.63) is 30.3 Å². The van der Waals surface area contributed by atoms with Gasteiger partial charge in [-0.1, -0.05) is 18.2 Å². The van der Waals surface area contributed by atoms with Crippen LogP contribution in [0.15, 0.2) is 30.3 Å². The number of hydrogen-bond donors (Lipinski definition) is 2. The van der Waals surface area contributed by atoms with Gasteiger partial charge in [0, 0.05) is 38.4 Å². The quantitative estimate of drug-likeness (QED) is 0.833. The van der Waals surface area contributed by atoms with E-state index in [1.165, 1.54) is 5.69 Å². The number of aliphatic hydroxyl groups excluding tert-OH is 1. The van der Waals surface area contributed by atoms with Gasteiger partial charge >= 0.3 is 0 Å². The third kappa shape index (κ3) is 4.98. The number of carbonyl (C=O) groups is 1. The number of β-amino-alcohol motifs (C(OH)–C–C–N with tert-alkyl or cyclic N) is 1. The number of amides is 1. The third-order valence-corrected chi connectivity index (χ3v) is 4.33. The second-order valence-corrected chi connectivity index (χ2v) is 5.85. The van der Waals surface area contributed by atoms with Crippen molar-refractivity contribution < 1.29 is 9.90 Å². The second-order valence-electron chi connectivity index (χ2n) is 5.85. The summed E-state index contributed by atoms with van der Waals surface area (Å²) >= 11 is 0. The third-order valence-electron chi connectivity index (χ3n) is 4.33. The lowest BCUT2D eigenvalue weighted by atomic mass is 10.2. The van der Waals surface area contributed by atoms with Gasteiger partial charge < -0.3 is 20.2 Å². The maximum Gasteiger partial charge on any atom is 0.239 e. The Morgan fingerprint density at radius 3 is 2.48 bits per heavy atom. The van der Waals surface area contributed by atoms with E-state index in [9.17, 15) is 9.90 Å². The monoisotopic (exact) mass is 361 g/mol. The first-order valence-electron chi connectivity index (χ1n) is 7.74. The number of nitrogens with zero attached hydrogens (tertiary/aromatic N) is 2. The highest BCUT2D eigenvalue weighted by Gasteiger charge is 2.31. The van der Waals surface area contributed by atoms with Crippen molar-refractivity contribution in [2.75, 3.05) is 37.6 Å². The number of rotatable bonds is 2. The van der Waals surface area contributed by atoms with E-state index in [1.807, 2.05) is 23.1 Å². The van der Waals surface area contributed by atoms with Gasteiger partial charge in [-0.2, -0.15) is 0 Å². The van der Waals surface area contributed by atoms with Crippen molar-refractivity contribution in [3.8, 4) is 0 Å². The Kier molecular flexibility index (Phi) is 8.12. The smallest absolute Gasteiger partial charge is 0.239 e. The molecular formula is C16H25Cl2N3O2. The minimum atomic E-state index is -0.383. The Morgan fingerprint density at radius 1 is 1.09 bits per heavy atom. The van der Waals surface area contributed by atoms with Crippen molar-refractivity contribution in [2.45, 2.75) is 25.0 Å². The van der Waals surface area contributed by atoms with Gasteiger partial charge in [-0.05, 0) is 25.0 Å². The van der Waals surface area contributed by atoms with Crippen molar-refractivity contribution in [2.24, 2.45) is 0 Å². The van der Waals surface area contributed by atoms with Crippen LogP contribution < -0.4 is 10.2 Å². The van der Waals surface area contributed by atoms with Gasteiger partial charge in [0.05, 0.1) is 12.1 Å². The molecule has 5 nitrogen and oxygen atoms in total. The summed E-state index contributed by atoms with van der Waals surface area (Å²) < 4.78 is 0. The molecule has 1 aromatic rings. The van der Waals surface area contributed by atoms with Gasteiger partial charge in [0.1, 0.15) is 0 Å². The molecular weight excluding hydrogens is 337 g/mol. The first kappa shape index (κ1) is 20.0. The topological polar surface area (TPSA) is 55.8 Å². The number of para-hydroxylation sites is 1. The van der Waals surface area contributed by atoms with Gasteiger partial charge in [-0.3, -0.25) is 4.79 Å². The van der Waals surface area contributed by atoms with Crippen LogP contribution in [-0.4, -0.2) is 60.8 Å². The maximum absolute atomic E-state index is 12.5. The van der Waals surface area contributed by atoms with E-state index in [-0.39, 0.29) is 42.9 Å². The summed E-state index contributed by atoms with van der Waals surface area (Å²) in [5.74, 6) is 0.140. The summed E-state index contributed by atoms with van der Waals surface area (Å²) in [5, 5.41) is 12.7. The van der Waals surface area contributed by atoms with Crippen LogP contribution in [0, 0.1) is 0 Å². The molecule has 0 aromatic heterocycles. The summed E-state index contributed by atoms with van der Waals surface area (Å²) in [6.07, 6.45) is 1.14. The van der Waals surface area contributed by atoms with E-state index in [0.717, 1.165) is 32.6 Å². The van der Waals surface area contributed by atoms with Crippen molar-refractivity contribution in [1.82, 2.24) is 10.2 Å². The molecule has 23 heavy (non-hydrogen) atoms. The largest absolute Gasteiger partial charge is 0.392 e. The molecule has 2 N–H and O–H groups in total. The fraction of sp³-hybridized carbons (Fsp3) is 0.562. The molecule has 2 saturated heterocycles. The molecule has 2 atom stereocenters. The van der Waals surface area contributed by atoms with Crippen LogP contribution in [-0.2, 0) is 4.79 Å². The van der Waals surface area contributed by atoms with Crippen LogP contribution >= 0.6 is 24.8 Å². The van der Waals surface area contributed by atoms with Gasteiger partial charge in [0.15, 0.2) is 0 Å². The number of aliphatic hydroxyl groups is 1. The minimum Gasteiger partial charge on any atom is -0.392 e. The molecule has 0 spiro atoms. The molecule has 3 rings (SSSR count). The molecule has 0 radical (unpaired) electrons. The Labute approximate surface area is 149 Å². The molecule has 0 aliphatic carbocycles. The van der Waals surface area contributed by atoms with E-state index < -0.39 is 0 Å². The molecule has 1 amide bonds. The highest BCUT2D eigenvalue weighted by molar-refractivity contribution is 5.85. The van der Waals surface area contributed by atoms with E-state index in [1.54, 1.807) is 0 Å². The van der Waals surface area contributed by atoms with Gasteiger partial charge in [0.25, 0.3) is 0 Å². The van der Waals surface area contributed by atoms with Crippen LogP contribution in [0.2, 0.25) is 0 Å². The molecule has 0 saturated carbocycles. The standard InChI is InChI=1S/C16H23N3O2.2ClH/c20-14-11-15(17-12-14)16(21)19-8-4-7-18(9-10-19)13-5-2-1-3-6-13;;/h1-3,5-6,14-15,17,20H,4,7-12H2;2*1H. The molecule has 2 aliphatic rings. The van der Waals surface area contributed by atoms with E-state index >= 15 is 0 Å². The fourth-order valence-electron chi connectivity index (χ4n) is 3.16. The van der Waals surface area contributed by atoms with Crippen LogP contribution in [0.1, 0.15) is 12.8 Å². The molecule has 2 heterocycles. The number of benzene rings is 1. The summed E-state index contributed by atoms with van der Waals surface area (Å²) in [4.78, 5) is 16.8.